The summed E-state index contributed by atoms with van der Waals surface area (Å²) in [4.78, 5) is 7.16. The SMILES string of the molecule is Cc1ccc2[nH]ccc2c1.Cc1cccc2ncoc12.[HH]. The minimum absolute atomic E-state index is 0. The summed E-state index contributed by atoms with van der Waals surface area (Å²) in [5.74, 6) is 0. The predicted octanol–water partition coefficient (Wildman–Crippen LogP) is 4.86. The molecule has 2 aromatic carbocycles. The first-order valence-electron chi connectivity index (χ1n) is 6.56. The highest BCUT2D eigenvalue weighted by Crippen LogP contribution is 2.15. The molecule has 0 unspecified atom stereocenters. The molecule has 1 N–H and O–H groups in total. The first-order chi connectivity index (χ1) is 9.74. The molecule has 0 amide bonds. The van der Waals surface area contributed by atoms with Gasteiger partial charge in [0.05, 0.1) is 0 Å². The molecule has 0 bridgehead atoms. The van der Waals surface area contributed by atoms with E-state index in [4.69, 9.17) is 4.42 Å². The van der Waals surface area contributed by atoms with Gasteiger partial charge in [0.2, 0.25) is 0 Å². The van der Waals surface area contributed by atoms with Gasteiger partial charge >= 0.3 is 0 Å². The molecule has 0 aliphatic rings. The van der Waals surface area contributed by atoms with E-state index in [1.165, 1.54) is 22.9 Å². The van der Waals surface area contributed by atoms with Crippen LogP contribution in [-0.2, 0) is 0 Å². The average molecular weight is 266 g/mol. The number of aryl methyl sites for hydroxylation is 2. The lowest BCUT2D eigenvalue weighted by molar-refractivity contribution is 0.600. The maximum Gasteiger partial charge on any atom is 0.181 e. The number of H-pyrrole nitrogens is 1. The summed E-state index contributed by atoms with van der Waals surface area (Å²) in [6.45, 7) is 4.11. The van der Waals surface area contributed by atoms with Crippen molar-refractivity contribution in [2.45, 2.75) is 13.8 Å². The number of aromatic amines is 1. The molecule has 20 heavy (non-hydrogen) atoms. The van der Waals surface area contributed by atoms with Gasteiger partial charge in [-0.25, -0.2) is 4.98 Å². The number of hydrogen-bond donors (Lipinski definition) is 1. The number of benzene rings is 2. The second-order valence-electron chi connectivity index (χ2n) is 4.84. The van der Waals surface area contributed by atoms with E-state index < -0.39 is 0 Å². The van der Waals surface area contributed by atoms with E-state index in [0.29, 0.717) is 0 Å². The molecule has 2 heterocycles. The Balaban J connectivity index is 0.000000147. The number of rotatable bonds is 0. The number of nitrogens with zero attached hydrogens (tertiary/aromatic N) is 1. The van der Waals surface area contributed by atoms with Gasteiger partial charge < -0.3 is 9.40 Å². The molecule has 2 aromatic heterocycles. The highest BCUT2D eigenvalue weighted by Gasteiger charge is 1.98. The van der Waals surface area contributed by atoms with Crippen LogP contribution in [-0.4, -0.2) is 9.97 Å². The Morgan fingerprint density at radius 3 is 2.85 bits per heavy atom. The van der Waals surface area contributed by atoms with Crippen molar-refractivity contribution in [2.24, 2.45) is 0 Å². The Kier molecular flexibility index (Phi) is 3.25. The number of nitrogens with one attached hydrogen (secondary N) is 1. The van der Waals surface area contributed by atoms with Crippen molar-refractivity contribution in [1.29, 1.82) is 0 Å². The van der Waals surface area contributed by atoms with E-state index in [1.807, 2.05) is 31.3 Å². The molecule has 3 nitrogen and oxygen atoms in total. The van der Waals surface area contributed by atoms with Gasteiger partial charge in [0.25, 0.3) is 0 Å². The lowest BCUT2D eigenvalue weighted by Crippen LogP contribution is -1.71. The quantitative estimate of drug-likeness (QED) is 0.494. The first kappa shape index (κ1) is 12.5. The molecule has 4 rings (SSSR count). The van der Waals surface area contributed by atoms with E-state index in [2.05, 4.69) is 41.2 Å². The van der Waals surface area contributed by atoms with E-state index in [0.717, 1.165) is 16.7 Å². The Labute approximate surface area is 118 Å². The largest absolute Gasteiger partial charge is 0.443 e. The van der Waals surface area contributed by atoms with Crippen LogP contribution in [0.4, 0.5) is 0 Å². The fraction of sp³-hybridized carbons (Fsp3) is 0.118. The minimum atomic E-state index is 0. The first-order valence-corrected chi connectivity index (χ1v) is 6.56. The van der Waals surface area contributed by atoms with Gasteiger partial charge in [-0.05, 0) is 49.1 Å². The topological polar surface area (TPSA) is 41.8 Å². The van der Waals surface area contributed by atoms with E-state index in [-0.39, 0.29) is 1.43 Å². The summed E-state index contributed by atoms with van der Waals surface area (Å²) in [6.07, 6.45) is 3.43. The van der Waals surface area contributed by atoms with Crippen LogP contribution in [0.15, 0.2) is 59.5 Å². The Morgan fingerprint density at radius 2 is 2.00 bits per heavy atom. The molecule has 0 saturated heterocycles. The van der Waals surface area contributed by atoms with Crippen molar-refractivity contribution in [3.63, 3.8) is 0 Å². The standard InChI is InChI=1S/C9H9N.C8H7NO.H2/c1-7-2-3-9-8(6-7)4-5-10-9;1-6-3-2-4-7-8(6)10-5-9-7;/h2-6,10H,1H3;2-5H,1H3;1H. The number of oxazole rings is 1. The Hall–Kier alpha value is -2.55. The lowest BCUT2D eigenvalue weighted by atomic mass is 10.2. The van der Waals surface area contributed by atoms with Crippen LogP contribution in [0, 0.1) is 13.8 Å². The zero-order valence-electron chi connectivity index (χ0n) is 11.6. The summed E-state index contributed by atoms with van der Waals surface area (Å²) < 4.78 is 5.14. The Morgan fingerprint density at radius 1 is 1.10 bits per heavy atom. The molecule has 102 valence electrons. The van der Waals surface area contributed by atoms with E-state index in [1.54, 1.807) is 0 Å². The van der Waals surface area contributed by atoms with Crippen LogP contribution in [0.3, 0.4) is 0 Å². The second kappa shape index (κ2) is 5.21. The van der Waals surface area contributed by atoms with Crippen molar-refractivity contribution in [3.8, 4) is 0 Å². The van der Waals surface area contributed by atoms with Crippen molar-refractivity contribution in [3.05, 3.63) is 66.2 Å². The molecule has 0 aliphatic carbocycles. The molecule has 0 fully saturated rings. The third-order valence-electron chi connectivity index (χ3n) is 3.26. The monoisotopic (exact) mass is 266 g/mol. The van der Waals surface area contributed by atoms with E-state index in [9.17, 15) is 0 Å². The molecule has 0 spiro atoms. The maximum atomic E-state index is 5.14. The third kappa shape index (κ3) is 2.43. The maximum absolute atomic E-state index is 5.14. The summed E-state index contributed by atoms with van der Waals surface area (Å²) in [6, 6.07) is 14.4. The zero-order valence-corrected chi connectivity index (χ0v) is 11.6. The van der Waals surface area contributed by atoms with Gasteiger partial charge in [-0.15, -0.1) is 0 Å². The summed E-state index contributed by atoms with van der Waals surface area (Å²) in [5.41, 5.74) is 5.48. The number of aromatic nitrogens is 2. The van der Waals surface area contributed by atoms with Gasteiger partial charge in [-0.3, -0.25) is 0 Å². The van der Waals surface area contributed by atoms with Crippen LogP contribution < -0.4 is 0 Å². The van der Waals surface area contributed by atoms with Gasteiger partial charge in [-0.2, -0.15) is 0 Å². The smallest absolute Gasteiger partial charge is 0.181 e. The van der Waals surface area contributed by atoms with Gasteiger partial charge in [-0.1, -0.05) is 23.8 Å². The fourth-order valence-electron chi connectivity index (χ4n) is 2.20. The fourth-order valence-corrected chi connectivity index (χ4v) is 2.20. The van der Waals surface area contributed by atoms with Crippen molar-refractivity contribution in [1.82, 2.24) is 9.97 Å². The van der Waals surface area contributed by atoms with Crippen LogP contribution in [0.25, 0.3) is 22.0 Å². The molecule has 0 aliphatic heterocycles. The Bertz CT molecular complexity index is 847. The molecular formula is C17H18N2O. The summed E-state index contributed by atoms with van der Waals surface area (Å²) in [5, 5.41) is 1.29. The third-order valence-corrected chi connectivity index (χ3v) is 3.26. The molecule has 0 atom stereocenters. The van der Waals surface area contributed by atoms with Crippen molar-refractivity contribution >= 4 is 22.0 Å². The average Bonchev–Trinajstić information content (AvgIpc) is 3.07. The molecule has 0 radical (unpaired) electrons. The molecular weight excluding hydrogens is 248 g/mol. The highest BCUT2D eigenvalue weighted by atomic mass is 16.3. The predicted molar refractivity (Wildman–Crippen MR) is 83.9 cm³/mol. The number of para-hydroxylation sites is 1. The van der Waals surface area contributed by atoms with Crippen LogP contribution in [0.5, 0.6) is 0 Å². The second-order valence-corrected chi connectivity index (χ2v) is 4.84. The normalized spacial score (nSPS) is 10.5. The number of hydrogen-bond acceptors (Lipinski definition) is 2. The van der Waals surface area contributed by atoms with Gasteiger partial charge in [0.1, 0.15) is 5.52 Å². The van der Waals surface area contributed by atoms with Crippen LogP contribution in [0.2, 0.25) is 0 Å². The van der Waals surface area contributed by atoms with Crippen molar-refractivity contribution < 1.29 is 5.84 Å². The highest BCUT2D eigenvalue weighted by molar-refractivity contribution is 5.79. The van der Waals surface area contributed by atoms with Gasteiger partial charge in [0.15, 0.2) is 12.0 Å². The van der Waals surface area contributed by atoms with E-state index >= 15 is 0 Å². The molecule has 3 heteroatoms. The lowest BCUT2D eigenvalue weighted by Gasteiger charge is -1.90. The van der Waals surface area contributed by atoms with Crippen LogP contribution >= 0.6 is 0 Å². The summed E-state index contributed by atoms with van der Waals surface area (Å²) >= 11 is 0. The summed E-state index contributed by atoms with van der Waals surface area (Å²) in [7, 11) is 0. The minimum Gasteiger partial charge on any atom is -0.443 e. The van der Waals surface area contributed by atoms with Crippen molar-refractivity contribution in [2.75, 3.05) is 0 Å². The van der Waals surface area contributed by atoms with Crippen LogP contribution in [0.1, 0.15) is 12.6 Å². The number of fused-ring (bicyclic) bond motifs is 2. The molecule has 0 saturated carbocycles. The molecule has 4 aromatic rings. The van der Waals surface area contributed by atoms with Gasteiger partial charge in [0, 0.05) is 13.1 Å². The zero-order chi connectivity index (χ0) is 13.9.